The molecule has 1 amide bonds. The normalized spacial score (nSPS) is 10.3. The number of hydrogen-bond acceptors (Lipinski definition) is 4. The van der Waals surface area contributed by atoms with E-state index < -0.39 is 0 Å². The van der Waals surface area contributed by atoms with E-state index in [1.807, 2.05) is 38.1 Å². The SMILES string of the molecule is Cc1nc(CN(C)C(=O)COc2ccccc2C)n[nH]1. The number of rotatable bonds is 5. The number of hydrogen-bond donors (Lipinski definition) is 1. The van der Waals surface area contributed by atoms with Gasteiger partial charge in [-0.2, -0.15) is 5.10 Å². The van der Waals surface area contributed by atoms with E-state index in [1.54, 1.807) is 11.9 Å². The first-order chi connectivity index (χ1) is 9.56. The summed E-state index contributed by atoms with van der Waals surface area (Å²) in [6, 6.07) is 7.61. The summed E-state index contributed by atoms with van der Waals surface area (Å²) in [5, 5.41) is 6.75. The summed E-state index contributed by atoms with van der Waals surface area (Å²) in [5.41, 5.74) is 1.01. The molecule has 106 valence electrons. The Kier molecular flexibility index (Phi) is 4.34. The molecule has 0 fully saturated rings. The van der Waals surface area contributed by atoms with Crippen molar-refractivity contribution in [2.75, 3.05) is 13.7 Å². The van der Waals surface area contributed by atoms with Crippen molar-refractivity contribution in [1.29, 1.82) is 0 Å². The van der Waals surface area contributed by atoms with Crippen LogP contribution in [0.25, 0.3) is 0 Å². The third-order valence-electron chi connectivity index (χ3n) is 2.89. The standard InChI is InChI=1S/C14H18N4O2/c1-10-6-4-5-7-12(10)20-9-14(19)18(3)8-13-15-11(2)16-17-13/h4-7H,8-9H2,1-3H3,(H,15,16,17). The molecule has 0 bridgehead atoms. The Morgan fingerprint density at radius 2 is 2.10 bits per heavy atom. The van der Waals surface area contributed by atoms with Gasteiger partial charge in [0.2, 0.25) is 0 Å². The Morgan fingerprint density at radius 1 is 1.35 bits per heavy atom. The van der Waals surface area contributed by atoms with Gasteiger partial charge in [0.1, 0.15) is 11.6 Å². The van der Waals surface area contributed by atoms with Crippen LogP contribution < -0.4 is 4.74 Å². The third-order valence-corrected chi connectivity index (χ3v) is 2.89. The second-order valence-corrected chi connectivity index (χ2v) is 4.64. The fourth-order valence-electron chi connectivity index (χ4n) is 1.73. The van der Waals surface area contributed by atoms with Crippen molar-refractivity contribution in [2.24, 2.45) is 0 Å². The molecule has 0 aliphatic rings. The number of carbonyl (C=O) groups is 1. The maximum Gasteiger partial charge on any atom is 0.260 e. The first-order valence-electron chi connectivity index (χ1n) is 6.36. The lowest BCUT2D eigenvalue weighted by Crippen LogP contribution is -2.31. The summed E-state index contributed by atoms with van der Waals surface area (Å²) >= 11 is 0. The molecule has 0 aliphatic carbocycles. The van der Waals surface area contributed by atoms with Crippen LogP contribution in [-0.2, 0) is 11.3 Å². The topological polar surface area (TPSA) is 71.1 Å². The van der Waals surface area contributed by atoms with Gasteiger partial charge in [0, 0.05) is 7.05 Å². The number of carbonyl (C=O) groups excluding carboxylic acids is 1. The van der Waals surface area contributed by atoms with Crippen molar-refractivity contribution >= 4 is 5.91 Å². The average Bonchev–Trinajstić information content (AvgIpc) is 2.82. The number of para-hydroxylation sites is 1. The second-order valence-electron chi connectivity index (χ2n) is 4.64. The monoisotopic (exact) mass is 274 g/mol. The minimum Gasteiger partial charge on any atom is -0.484 e. The highest BCUT2D eigenvalue weighted by Crippen LogP contribution is 2.16. The summed E-state index contributed by atoms with van der Waals surface area (Å²) in [6.45, 7) is 4.13. The van der Waals surface area contributed by atoms with E-state index in [0.29, 0.717) is 12.4 Å². The number of likely N-dealkylation sites (N-methyl/N-ethyl adjacent to an activating group) is 1. The van der Waals surface area contributed by atoms with Crippen molar-refractivity contribution in [2.45, 2.75) is 20.4 Å². The second kappa shape index (κ2) is 6.18. The van der Waals surface area contributed by atoms with Crippen LogP contribution in [0, 0.1) is 13.8 Å². The van der Waals surface area contributed by atoms with Crippen LogP contribution in [0.1, 0.15) is 17.2 Å². The van der Waals surface area contributed by atoms with Gasteiger partial charge in [-0.05, 0) is 25.5 Å². The van der Waals surface area contributed by atoms with Crippen LogP contribution in [0.3, 0.4) is 0 Å². The lowest BCUT2D eigenvalue weighted by molar-refractivity contribution is -0.132. The van der Waals surface area contributed by atoms with Gasteiger partial charge in [0.25, 0.3) is 5.91 Å². The van der Waals surface area contributed by atoms with Crippen LogP contribution >= 0.6 is 0 Å². The van der Waals surface area contributed by atoms with E-state index in [0.717, 1.165) is 17.1 Å². The Labute approximate surface area is 117 Å². The largest absolute Gasteiger partial charge is 0.484 e. The lowest BCUT2D eigenvalue weighted by Gasteiger charge is -2.16. The zero-order chi connectivity index (χ0) is 14.5. The molecule has 1 aromatic heterocycles. The lowest BCUT2D eigenvalue weighted by atomic mass is 10.2. The Balaban J connectivity index is 1.87. The molecule has 2 aromatic rings. The number of aromatic nitrogens is 3. The van der Waals surface area contributed by atoms with Gasteiger partial charge in [-0.3, -0.25) is 9.89 Å². The molecule has 1 N–H and O–H groups in total. The fourth-order valence-corrected chi connectivity index (χ4v) is 1.73. The van der Waals surface area contributed by atoms with Crippen LogP contribution in [0.5, 0.6) is 5.75 Å². The van der Waals surface area contributed by atoms with Gasteiger partial charge in [-0.25, -0.2) is 4.98 Å². The molecule has 0 spiro atoms. The fraction of sp³-hybridized carbons (Fsp3) is 0.357. The number of amides is 1. The average molecular weight is 274 g/mol. The van der Waals surface area contributed by atoms with Crippen molar-refractivity contribution in [3.63, 3.8) is 0 Å². The Hall–Kier alpha value is -2.37. The minimum atomic E-state index is -0.115. The molecule has 1 aromatic carbocycles. The predicted molar refractivity (Wildman–Crippen MR) is 74.3 cm³/mol. The van der Waals surface area contributed by atoms with Crippen LogP contribution in [0.4, 0.5) is 0 Å². The van der Waals surface area contributed by atoms with Crippen LogP contribution in [0.2, 0.25) is 0 Å². The molecule has 0 aliphatic heterocycles. The first kappa shape index (κ1) is 14.0. The van der Waals surface area contributed by atoms with E-state index >= 15 is 0 Å². The smallest absolute Gasteiger partial charge is 0.260 e. The first-order valence-corrected chi connectivity index (χ1v) is 6.36. The summed E-state index contributed by atoms with van der Waals surface area (Å²) in [4.78, 5) is 17.7. The van der Waals surface area contributed by atoms with E-state index in [1.165, 1.54) is 0 Å². The van der Waals surface area contributed by atoms with Crippen molar-refractivity contribution in [1.82, 2.24) is 20.1 Å². The van der Waals surface area contributed by atoms with Crippen molar-refractivity contribution in [3.8, 4) is 5.75 Å². The van der Waals surface area contributed by atoms with Crippen molar-refractivity contribution < 1.29 is 9.53 Å². The number of nitrogens with zero attached hydrogens (tertiary/aromatic N) is 3. The highest BCUT2D eigenvalue weighted by molar-refractivity contribution is 5.77. The molecule has 1 heterocycles. The molecule has 2 rings (SSSR count). The Morgan fingerprint density at radius 3 is 2.75 bits per heavy atom. The van der Waals surface area contributed by atoms with Gasteiger partial charge >= 0.3 is 0 Å². The van der Waals surface area contributed by atoms with Gasteiger partial charge in [0.15, 0.2) is 12.4 Å². The number of nitrogens with one attached hydrogen (secondary N) is 1. The Bertz CT molecular complexity index is 594. The molecular weight excluding hydrogens is 256 g/mol. The van der Waals surface area contributed by atoms with Gasteiger partial charge in [-0.1, -0.05) is 18.2 Å². The molecular formula is C14H18N4O2. The van der Waals surface area contributed by atoms with E-state index in [2.05, 4.69) is 15.2 Å². The zero-order valence-electron chi connectivity index (χ0n) is 11.9. The molecule has 0 radical (unpaired) electrons. The number of aryl methyl sites for hydroxylation is 2. The molecule has 6 nitrogen and oxygen atoms in total. The molecule has 0 unspecified atom stereocenters. The quantitative estimate of drug-likeness (QED) is 0.896. The summed E-state index contributed by atoms with van der Waals surface area (Å²) in [6.07, 6.45) is 0. The predicted octanol–water partition coefficient (Wildman–Crippen LogP) is 1.46. The molecule has 6 heteroatoms. The van der Waals surface area contributed by atoms with E-state index in [4.69, 9.17) is 4.74 Å². The maximum atomic E-state index is 12.0. The van der Waals surface area contributed by atoms with Gasteiger partial charge < -0.3 is 9.64 Å². The summed E-state index contributed by atoms with van der Waals surface area (Å²) in [5.74, 6) is 1.94. The maximum absolute atomic E-state index is 12.0. The molecule has 0 atom stereocenters. The van der Waals surface area contributed by atoms with Gasteiger partial charge in [-0.15, -0.1) is 0 Å². The summed E-state index contributed by atoms with van der Waals surface area (Å²) in [7, 11) is 1.70. The molecule has 20 heavy (non-hydrogen) atoms. The number of H-pyrrole nitrogens is 1. The number of benzene rings is 1. The molecule has 0 saturated carbocycles. The van der Waals surface area contributed by atoms with E-state index in [-0.39, 0.29) is 12.5 Å². The highest BCUT2D eigenvalue weighted by Gasteiger charge is 2.12. The highest BCUT2D eigenvalue weighted by atomic mass is 16.5. The molecule has 0 saturated heterocycles. The zero-order valence-corrected chi connectivity index (χ0v) is 11.9. The van der Waals surface area contributed by atoms with Crippen LogP contribution in [0.15, 0.2) is 24.3 Å². The van der Waals surface area contributed by atoms with Crippen LogP contribution in [-0.4, -0.2) is 39.6 Å². The number of ether oxygens (including phenoxy) is 1. The van der Waals surface area contributed by atoms with E-state index in [9.17, 15) is 4.79 Å². The summed E-state index contributed by atoms with van der Waals surface area (Å²) < 4.78 is 5.52. The third kappa shape index (κ3) is 3.57. The minimum absolute atomic E-state index is 0.00472. The van der Waals surface area contributed by atoms with Gasteiger partial charge in [0.05, 0.1) is 6.54 Å². The number of aromatic amines is 1. The van der Waals surface area contributed by atoms with Crippen molar-refractivity contribution in [3.05, 3.63) is 41.5 Å².